The summed E-state index contributed by atoms with van der Waals surface area (Å²) >= 11 is 0. The molecule has 5 rings (SSSR count). The molecule has 19 heavy (non-hydrogen) atoms. The second kappa shape index (κ2) is 4.62. The molecule has 0 saturated heterocycles. The van der Waals surface area contributed by atoms with Crippen molar-refractivity contribution in [2.75, 3.05) is 0 Å². The fourth-order valence-corrected chi connectivity index (χ4v) is 6.25. The summed E-state index contributed by atoms with van der Waals surface area (Å²) < 4.78 is 0. The zero-order chi connectivity index (χ0) is 12.9. The van der Waals surface area contributed by atoms with Gasteiger partial charge in [-0.25, -0.2) is 0 Å². The van der Waals surface area contributed by atoms with Crippen LogP contribution in [0.5, 0.6) is 0 Å². The molecule has 1 N–H and O–H groups in total. The molecule has 106 valence electrons. The van der Waals surface area contributed by atoms with E-state index in [1.807, 2.05) is 0 Å². The Balaban J connectivity index is 1.48. The summed E-state index contributed by atoms with van der Waals surface area (Å²) in [6.07, 6.45) is 17.1. The van der Waals surface area contributed by atoms with Crippen LogP contribution in [0.4, 0.5) is 0 Å². The van der Waals surface area contributed by atoms with Crippen LogP contribution in [0, 0.1) is 23.2 Å². The molecule has 4 bridgehead atoms. The van der Waals surface area contributed by atoms with Crippen LogP contribution >= 0.6 is 0 Å². The minimum Gasteiger partial charge on any atom is -0.389 e. The van der Waals surface area contributed by atoms with Crippen LogP contribution in [0.25, 0.3) is 0 Å². The number of hydrogen-bond donors (Lipinski definition) is 1. The maximum atomic E-state index is 10.7. The van der Waals surface area contributed by atoms with Crippen molar-refractivity contribution >= 4 is 0 Å². The van der Waals surface area contributed by atoms with E-state index in [1.54, 1.807) is 0 Å². The van der Waals surface area contributed by atoms with E-state index in [4.69, 9.17) is 0 Å². The fraction of sp³-hybridized carbons (Fsp3) is 0.889. The molecule has 0 aromatic heterocycles. The molecule has 0 aromatic carbocycles. The van der Waals surface area contributed by atoms with Gasteiger partial charge in [0.15, 0.2) is 0 Å². The Kier molecular flexibility index (Phi) is 3.02. The van der Waals surface area contributed by atoms with Gasteiger partial charge in [-0.1, -0.05) is 6.08 Å². The predicted octanol–water partition coefficient (Wildman–Crippen LogP) is 4.45. The summed E-state index contributed by atoms with van der Waals surface area (Å²) in [5.74, 6) is 3.04. The first-order chi connectivity index (χ1) is 9.22. The number of rotatable bonds is 3. The number of allylic oxidation sites excluding steroid dienone is 1. The van der Waals surface area contributed by atoms with E-state index in [-0.39, 0.29) is 6.10 Å². The highest BCUT2D eigenvalue weighted by Gasteiger charge is 2.51. The van der Waals surface area contributed by atoms with E-state index in [2.05, 4.69) is 6.08 Å². The van der Waals surface area contributed by atoms with Crippen LogP contribution in [-0.4, -0.2) is 11.2 Å². The highest BCUT2D eigenvalue weighted by Crippen LogP contribution is 2.61. The van der Waals surface area contributed by atoms with Crippen molar-refractivity contribution in [2.24, 2.45) is 23.2 Å². The molecular weight excluding hydrogens is 232 g/mol. The van der Waals surface area contributed by atoms with Crippen molar-refractivity contribution in [3.63, 3.8) is 0 Å². The molecule has 0 heterocycles. The molecule has 4 fully saturated rings. The Morgan fingerprint density at radius 2 is 1.68 bits per heavy atom. The fourth-order valence-electron chi connectivity index (χ4n) is 6.25. The zero-order valence-corrected chi connectivity index (χ0v) is 12.1. The Labute approximate surface area is 117 Å². The van der Waals surface area contributed by atoms with E-state index < -0.39 is 0 Å². The number of aliphatic hydroxyl groups is 1. The van der Waals surface area contributed by atoms with E-state index in [0.29, 0.717) is 5.41 Å². The molecule has 1 unspecified atom stereocenters. The van der Waals surface area contributed by atoms with Crippen molar-refractivity contribution in [3.05, 3.63) is 11.6 Å². The van der Waals surface area contributed by atoms with Gasteiger partial charge in [0, 0.05) is 0 Å². The summed E-state index contributed by atoms with van der Waals surface area (Å²) in [5.41, 5.74) is 1.91. The third-order valence-corrected chi connectivity index (χ3v) is 6.55. The standard InChI is InChI=1S/C18H28O/c19-17(16-4-2-1-3-5-16)12-18-9-13-6-14(10-18)8-15(7-13)11-18/h4,13-15,17,19H,1-3,5-12H2. The smallest absolute Gasteiger partial charge is 0.0755 e. The maximum Gasteiger partial charge on any atom is 0.0755 e. The Bertz CT molecular complexity index is 346. The first kappa shape index (κ1) is 12.4. The van der Waals surface area contributed by atoms with Crippen LogP contribution in [0.3, 0.4) is 0 Å². The SMILES string of the molecule is OC(CC12CC3CC(CC(C3)C1)C2)C1=CCCCC1. The van der Waals surface area contributed by atoms with Gasteiger partial charge in [0.05, 0.1) is 6.10 Å². The van der Waals surface area contributed by atoms with Crippen LogP contribution in [0.15, 0.2) is 11.6 Å². The second-order valence-electron chi connectivity index (χ2n) is 8.16. The van der Waals surface area contributed by atoms with Crippen molar-refractivity contribution in [2.45, 2.75) is 76.7 Å². The average molecular weight is 260 g/mol. The average Bonchev–Trinajstić information content (AvgIpc) is 2.37. The van der Waals surface area contributed by atoms with E-state index >= 15 is 0 Å². The molecule has 1 atom stereocenters. The second-order valence-corrected chi connectivity index (χ2v) is 8.16. The quantitative estimate of drug-likeness (QED) is 0.743. The van der Waals surface area contributed by atoms with Gasteiger partial charge in [-0.2, -0.15) is 0 Å². The van der Waals surface area contributed by atoms with Gasteiger partial charge in [0.1, 0.15) is 0 Å². The Hall–Kier alpha value is -0.300. The van der Waals surface area contributed by atoms with Crippen LogP contribution in [-0.2, 0) is 0 Å². The molecule has 0 aliphatic heterocycles. The highest BCUT2D eigenvalue weighted by molar-refractivity contribution is 5.13. The predicted molar refractivity (Wildman–Crippen MR) is 77.8 cm³/mol. The number of aliphatic hydroxyl groups excluding tert-OH is 1. The van der Waals surface area contributed by atoms with Crippen molar-refractivity contribution < 1.29 is 5.11 Å². The zero-order valence-electron chi connectivity index (χ0n) is 12.1. The highest BCUT2D eigenvalue weighted by atomic mass is 16.3. The summed E-state index contributed by atoms with van der Waals surface area (Å²) in [4.78, 5) is 0. The van der Waals surface area contributed by atoms with Crippen molar-refractivity contribution in [1.82, 2.24) is 0 Å². The van der Waals surface area contributed by atoms with Crippen LogP contribution < -0.4 is 0 Å². The monoisotopic (exact) mass is 260 g/mol. The topological polar surface area (TPSA) is 20.2 Å². The molecule has 0 aromatic rings. The lowest BCUT2D eigenvalue weighted by atomic mass is 9.48. The van der Waals surface area contributed by atoms with Crippen LogP contribution in [0.1, 0.15) is 70.6 Å². The van der Waals surface area contributed by atoms with E-state index in [0.717, 1.165) is 30.6 Å². The van der Waals surface area contributed by atoms with Gasteiger partial charge in [-0.15, -0.1) is 0 Å². The molecule has 0 radical (unpaired) electrons. The van der Waals surface area contributed by atoms with Crippen LogP contribution in [0.2, 0.25) is 0 Å². The maximum absolute atomic E-state index is 10.7. The summed E-state index contributed by atoms with van der Waals surface area (Å²) in [6.45, 7) is 0. The van der Waals surface area contributed by atoms with E-state index in [9.17, 15) is 5.11 Å². The molecule has 5 aliphatic carbocycles. The van der Waals surface area contributed by atoms with Crippen molar-refractivity contribution in [3.8, 4) is 0 Å². The van der Waals surface area contributed by atoms with Gasteiger partial charge in [0.25, 0.3) is 0 Å². The Morgan fingerprint density at radius 1 is 1.05 bits per heavy atom. The first-order valence-electron chi connectivity index (χ1n) is 8.59. The van der Waals surface area contributed by atoms with E-state index in [1.165, 1.54) is 63.4 Å². The lowest BCUT2D eigenvalue weighted by Crippen LogP contribution is -2.47. The first-order valence-corrected chi connectivity index (χ1v) is 8.59. The van der Waals surface area contributed by atoms with Gasteiger partial charge >= 0.3 is 0 Å². The summed E-state index contributed by atoms with van der Waals surface area (Å²) in [6, 6.07) is 0. The van der Waals surface area contributed by atoms with Gasteiger partial charge < -0.3 is 5.11 Å². The summed E-state index contributed by atoms with van der Waals surface area (Å²) in [7, 11) is 0. The summed E-state index contributed by atoms with van der Waals surface area (Å²) in [5, 5.41) is 10.7. The largest absolute Gasteiger partial charge is 0.389 e. The minimum absolute atomic E-state index is 0.114. The van der Waals surface area contributed by atoms with Gasteiger partial charge in [-0.05, 0) is 99.4 Å². The lowest BCUT2D eigenvalue weighted by Gasteiger charge is -2.57. The molecular formula is C18H28O. The van der Waals surface area contributed by atoms with Gasteiger partial charge in [-0.3, -0.25) is 0 Å². The minimum atomic E-state index is -0.114. The molecule has 0 spiro atoms. The molecule has 1 heteroatoms. The molecule has 5 aliphatic rings. The third-order valence-electron chi connectivity index (χ3n) is 6.55. The lowest BCUT2D eigenvalue weighted by molar-refractivity contribution is -0.0720. The Morgan fingerprint density at radius 3 is 2.21 bits per heavy atom. The molecule has 4 saturated carbocycles. The molecule has 0 amide bonds. The molecule has 1 nitrogen and oxygen atoms in total. The van der Waals surface area contributed by atoms with Crippen molar-refractivity contribution in [1.29, 1.82) is 0 Å². The van der Waals surface area contributed by atoms with Gasteiger partial charge in [0.2, 0.25) is 0 Å². The number of hydrogen-bond acceptors (Lipinski definition) is 1. The third kappa shape index (κ3) is 2.28. The normalized spacial score (nSPS) is 46.2.